The summed E-state index contributed by atoms with van der Waals surface area (Å²) >= 11 is 3.35. The molecule has 0 atom stereocenters. The summed E-state index contributed by atoms with van der Waals surface area (Å²) in [6.07, 6.45) is 1.96. The third-order valence-electron chi connectivity index (χ3n) is 2.51. The first-order valence-electron chi connectivity index (χ1n) is 5.44. The third kappa shape index (κ3) is 3.33. The molecule has 0 aliphatic heterocycles. The number of amides is 1. The second-order valence-electron chi connectivity index (χ2n) is 3.89. The van der Waals surface area contributed by atoms with E-state index in [2.05, 4.69) is 31.4 Å². The van der Waals surface area contributed by atoms with Crippen molar-refractivity contribution in [2.75, 3.05) is 5.73 Å². The summed E-state index contributed by atoms with van der Waals surface area (Å²) in [5.41, 5.74) is 7.38. The van der Waals surface area contributed by atoms with Crippen molar-refractivity contribution in [2.45, 2.75) is 13.0 Å². The zero-order valence-electron chi connectivity index (χ0n) is 9.61. The Kier molecular flexibility index (Phi) is 3.99. The minimum atomic E-state index is -0.0436. The average Bonchev–Trinajstić information content (AvgIpc) is 2.75. The van der Waals surface area contributed by atoms with Crippen LogP contribution in [-0.4, -0.2) is 16.1 Å². The number of nitrogens with two attached hydrogens (primary N) is 1. The van der Waals surface area contributed by atoms with Crippen LogP contribution in [0.15, 0.2) is 34.9 Å². The lowest BCUT2D eigenvalue weighted by Gasteiger charge is -2.04. The predicted molar refractivity (Wildman–Crippen MR) is 72.7 cm³/mol. The van der Waals surface area contributed by atoms with Crippen molar-refractivity contribution in [2.24, 2.45) is 0 Å². The predicted octanol–water partition coefficient (Wildman–Crippen LogP) is 1.61. The smallest absolute Gasteiger partial charge is 0.224 e. The van der Waals surface area contributed by atoms with Crippen LogP contribution in [0.2, 0.25) is 0 Å². The summed E-state index contributed by atoms with van der Waals surface area (Å²) in [7, 11) is 0. The Labute approximate surface area is 113 Å². The average molecular weight is 309 g/mol. The molecule has 1 aromatic heterocycles. The highest BCUT2D eigenvalue weighted by atomic mass is 79.9. The van der Waals surface area contributed by atoms with Gasteiger partial charge in [-0.15, -0.1) is 0 Å². The van der Waals surface area contributed by atoms with Crippen LogP contribution in [0.4, 0.5) is 5.82 Å². The molecule has 2 rings (SSSR count). The number of aromatic amines is 1. The SMILES string of the molecule is Nc1[nH]ncc1CNC(=O)Cc1ccc(Br)cc1. The molecule has 1 amide bonds. The number of anilines is 1. The molecule has 5 nitrogen and oxygen atoms in total. The van der Waals surface area contributed by atoms with Crippen LogP contribution in [0, 0.1) is 0 Å². The summed E-state index contributed by atoms with van der Waals surface area (Å²) in [4.78, 5) is 11.7. The van der Waals surface area contributed by atoms with Crippen molar-refractivity contribution in [1.82, 2.24) is 15.5 Å². The molecule has 0 saturated carbocycles. The summed E-state index contributed by atoms with van der Waals surface area (Å²) in [5, 5.41) is 9.20. The van der Waals surface area contributed by atoms with E-state index in [0.717, 1.165) is 15.6 Å². The van der Waals surface area contributed by atoms with Crippen LogP contribution in [0.25, 0.3) is 0 Å². The van der Waals surface area contributed by atoms with Crippen LogP contribution in [-0.2, 0) is 17.8 Å². The molecule has 1 heterocycles. The highest BCUT2D eigenvalue weighted by Gasteiger charge is 2.05. The van der Waals surface area contributed by atoms with E-state index in [-0.39, 0.29) is 5.91 Å². The first-order valence-corrected chi connectivity index (χ1v) is 6.23. The first kappa shape index (κ1) is 12.6. The number of hydrogen-bond acceptors (Lipinski definition) is 3. The normalized spacial score (nSPS) is 10.3. The second kappa shape index (κ2) is 5.68. The fourth-order valence-electron chi connectivity index (χ4n) is 1.51. The Balaban J connectivity index is 1.86. The van der Waals surface area contributed by atoms with E-state index in [0.29, 0.717) is 18.8 Å². The number of benzene rings is 1. The minimum absolute atomic E-state index is 0.0436. The molecule has 2 aromatic rings. The maximum Gasteiger partial charge on any atom is 0.224 e. The lowest BCUT2D eigenvalue weighted by atomic mass is 10.1. The quantitative estimate of drug-likeness (QED) is 0.802. The van der Waals surface area contributed by atoms with Gasteiger partial charge in [0.05, 0.1) is 12.6 Å². The molecule has 4 N–H and O–H groups in total. The van der Waals surface area contributed by atoms with Crippen molar-refractivity contribution in [3.05, 3.63) is 46.1 Å². The zero-order valence-corrected chi connectivity index (χ0v) is 11.2. The Morgan fingerprint density at radius 2 is 2.11 bits per heavy atom. The van der Waals surface area contributed by atoms with Crippen molar-refractivity contribution < 1.29 is 4.79 Å². The van der Waals surface area contributed by atoms with Gasteiger partial charge in [0.15, 0.2) is 0 Å². The van der Waals surface area contributed by atoms with Gasteiger partial charge in [-0.3, -0.25) is 9.89 Å². The van der Waals surface area contributed by atoms with Gasteiger partial charge in [0, 0.05) is 16.6 Å². The van der Waals surface area contributed by atoms with Gasteiger partial charge >= 0.3 is 0 Å². The van der Waals surface area contributed by atoms with Gasteiger partial charge in [0.2, 0.25) is 5.91 Å². The van der Waals surface area contributed by atoms with Gasteiger partial charge in [-0.1, -0.05) is 28.1 Å². The summed E-state index contributed by atoms with van der Waals surface area (Å²) in [6, 6.07) is 7.65. The van der Waals surface area contributed by atoms with Crippen molar-refractivity contribution in [3.63, 3.8) is 0 Å². The van der Waals surface area contributed by atoms with Crippen molar-refractivity contribution >= 4 is 27.7 Å². The van der Waals surface area contributed by atoms with Gasteiger partial charge in [0.1, 0.15) is 5.82 Å². The zero-order chi connectivity index (χ0) is 13.0. The van der Waals surface area contributed by atoms with Gasteiger partial charge in [-0.05, 0) is 17.7 Å². The van der Waals surface area contributed by atoms with Crippen LogP contribution in [0.5, 0.6) is 0 Å². The van der Waals surface area contributed by atoms with Gasteiger partial charge < -0.3 is 11.1 Å². The summed E-state index contributed by atoms with van der Waals surface area (Å²) in [5.74, 6) is 0.442. The number of halogens is 1. The molecule has 0 aliphatic carbocycles. The number of carbonyl (C=O) groups excluding carboxylic acids is 1. The number of nitrogens with one attached hydrogen (secondary N) is 2. The summed E-state index contributed by atoms with van der Waals surface area (Å²) in [6.45, 7) is 0.387. The second-order valence-corrected chi connectivity index (χ2v) is 4.80. The molecule has 18 heavy (non-hydrogen) atoms. The van der Waals surface area contributed by atoms with Crippen molar-refractivity contribution in [1.29, 1.82) is 0 Å². The highest BCUT2D eigenvalue weighted by Crippen LogP contribution is 2.11. The largest absolute Gasteiger partial charge is 0.384 e. The molecule has 0 radical (unpaired) electrons. The number of hydrogen-bond donors (Lipinski definition) is 3. The fourth-order valence-corrected chi connectivity index (χ4v) is 1.77. The molecule has 0 fully saturated rings. The monoisotopic (exact) mass is 308 g/mol. The van der Waals surface area contributed by atoms with Crippen LogP contribution in [0.1, 0.15) is 11.1 Å². The van der Waals surface area contributed by atoms with Crippen molar-refractivity contribution in [3.8, 4) is 0 Å². The van der Waals surface area contributed by atoms with E-state index >= 15 is 0 Å². The molecule has 0 aliphatic rings. The van der Waals surface area contributed by atoms with Crippen LogP contribution >= 0.6 is 15.9 Å². The Morgan fingerprint density at radius 1 is 1.39 bits per heavy atom. The van der Waals surface area contributed by atoms with E-state index in [1.807, 2.05) is 24.3 Å². The van der Waals surface area contributed by atoms with Crippen LogP contribution in [0.3, 0.4) is 0 Å². The fraction of sp³-hybridized carbons (Fsp3) is 0.167. The first-order chi connectivity index (χ1) is 8.65. The molecular formula is C12H13BrN4O. The number of nitrogens with zero attached hydrogens (tertiary/aromatic N) is 1. The van der Waals surface area contributed by atoms with E-state index in [4.69, 9.17) is 5.73 Å². The molecular weight excluding hydrogens is 296 g/mol. The standard InChI is InChI=1S/C12H13BrN4O/c13-10-3-1-8(2-4-10)5-11(18)15-6-9-7-16-17-12(9)14/h1-4,7H,5-6H2,(H,15,18)(H3,14,16,17). The Bertz CT molecular complexity index is 535. The topological polar surface area (TPSA) is 83.8 Å². The number of aromatic nitrogens is 2. The molecule has 94 valence electrons. The molecule has 0 saturated heterocycles. The number of carbonyl (C=O) groups is 1. The Morgan fingerprint density at radius 3 is 2.72 bits per heavy atom. The van der Waals surface area contributed by atoms with E-state index in [1.54, 1.807) is 6.20 Å². The number of nitrogen functional groups attached to an aromatic ring is 1. The van der Waals surface area contributed by atoms with E-state index in [9.17, 15) is 4.79 Å². The molecule has 6 heteroatoms. The minimum Gasteiger partial charge on any atom is -0.384 e. The summed E-state index contributed by atoms with van der Waals surface area (Å²) < 4.78 is 0.998. The molecule has 0 unspecified atom stereocenters. The third-order valence-corrected chi connectivity index (χ3v) is 3.03. The number of H-pyrrole nitrogens is 1. The molecule has 0 bridgehead atoms. The van der Waals surface area contributed by atoms with Gasteiger partial charge in [-0.2, -0.15) is 5.10 Å². The maximum absolute atomic E-state index is 11.7. The highest BCUT2D eigenvalue weighted by molar-refractivity contribution is 9.10. The van der Waals surface area contributed by atoms with Gasteiger partial charge in [0.25, 0.3) is 0 Å². The van der Waals surface area contributed by atoms with Gasteiger partial charge in [-0.25, -0.2) is 0 Å². The molecule has 0 spiro atoms. The molecule has 1 aromatic carbocycles. The lowest BCUT2D eigenvalue weighted by Crippen LogP contribution is -2.24. The Hall–Kier alpha value is -1.82. The van der Waals surface area contributed by atoms with E-state index in [1.165, 1.54) is 0 Å². The van der Waals surface area contributed by atoms with Crippen LogP contribution < -0.4 is 11.1 Å². The maximum atomic E-state index is 11.7. The lowest BCUT2D eigenvalue weighted by molar-refractivity contribution is -0.120. The van der Waals surface area contributed by atoms with E-state index < -0.39 is 0 Å². The number of rotatable bonds is 4.